The van der Waals surface area contributed by atoms with Crippen molar-refractivity contribution in [3.63, 3.8) is 0 Å². The zero-order valence-electron chi connectivity index (χ0n) is 27.2. The van der Waals surface area contributed by atoms with Gasteiger partial charge in [-0.2, -0.15) is 0 Å². The van der Waals surface area contributed by atoms with Crippen LogP contribution in [0.2, 0.25) is 0 Å². The van der Waals surface area contributed by atoms with Gasteiger partial charge in [-0.3, -0.25) is 19.4 Å². The molecule has 0 unspecified atom stereocenters. The molecular formula is C32H46N2O12. The monoisotopic (exact) mass is 650 g/mol. The number of esters is 4. The Kier molecular flexibility index (Phi) is 8.97. The molecule has 0 radical (unpaired) electrons. The van der Waals surface area contributed by atoms with Crippen molar-refractivity contribution in [3.8, 4) is 0 Å². The predicted molar refractivity (Wildman–Crippen MR) is 159 cm³/mol. The molecule has 4 fully saturated rings. The second kappa shape index (κ2) is 12.0. The molecule has 0 aromatic rings. The van der Waals surface area contributed by atoms with E-state index in [0.717, 1.165) is 51.2 Å². The average molecular weight is 651 g/mol. The lowest BCUT2D eigenvalue weighted by Gasteiger charge is -2.39. The molecule has 10 atom stereocenters. The van der Waals surface area contributed by atoms with Gasteiger partial charge in [0.25, 0.3) is 0 Å². The summed E-state index contributed by atoms with van der Waals surface area (Å²) in [7, 11) is 0. The van der Waals surface area contributed by atoms with Gasteiger partial charge < -0.3 is 39.4 Å². The molecule has 0 saturated carbocycles. The normalized spacial score (nSPS) is 44.9. The van der Waals surface area contributed by atoms with Crippen molar-refractivity contribution >= 4 is 23.9 Å². The molecule has 6 aliphatic heterocycles. The summed E-state index contributed by atoms with van der Waals surface area (Å²) >= 11 is 0. The van der Waals surface area contributed by atoms with Crippen LogP contribution in [0.4, 0.5) is 0 Å². The van der Waals surface area contributed by atoms with Gasteiger partial charge in [0, 0.05) is 26.2 Å². The van der Waals surface area contributed by atoms with Crippen LogP contribution in [0, 0.1) is 11.8 Å². The predicted octanol–water partition coefficient (Wildman–Crippen LogP) is -0.785. The number of carbonyl (C=O) groups excluding carboxylic acids is 4. The molecule has 14 heteroatoms. The fourth-order valence-corrected chi connectivity index (χ4v) is 7.05. The topological polar surface area (TPSA) is 193 Å². The molecule has 4 N–H and O–H groups in total. The number of aliphatic hydroxyl groups is 4. The standard InChI is InChI=1S/2C16H23NO6/c2*1-9-13(18)23-11-5-7-17-6-4-10(12(11)17)8-22-14(19)16(3,21)15(9,2)20/h2*4,9,11-12,20-21H,5-8H2,1-3H3/t2*9-,11+,12+,15+,16-/m00/s1. The van der Waals surface area contributed by atoms with Crippen molar-refractivity contribution in [2.75, 3.05) is 39.4 Å². The van der Waals surface area contributed by atoms with E-state index in [2.05, 4.69) is 9.80 Å². The van der Waals surface area contributed by atoms with Crippen LogP contribution in [0.3, 0.4) is 0 Å². The summed E-state index contributed by atoms with van der Waals surface area (Å²) in [5.41, 5.74) is -6.70. The molecule has 0 aliphatic carbocycles. The van der Waals surface area contributed by atoms with Crippen molar-refractivity contribution in [1.29, 1.82) is 0 Å². The van der Waals surface area contributed by atoms with E-state index in [1.165, 1.54) is 27.7 Å². The maximum Gasteiger partial charge on any atom is 0.341 e. The fraction of sp³-hybridized carbons (Fsp3) is 0.750. The van der Waals surface area contributed by atoms with Crippen LogP contribution < -0.4 is 0 Å². The van der Waals surface area contributed by atoms with Gasteiger partial charge in [0.15, 0.2) is 11.2 Å². The minimum atomic E-state index is -2.22. The van der Waals surface area contributed by atoms with E-state index >= 15 is 0 Å². The second-order valence-corrected chi connectivity index (χ2v) is 14.0. The summed E-state index contributed by atoms with van der Waals surface area (Å²) in [6, 6.07) is -0.182. The van der Waals surface area contributed by atoms with Crippen molar-refractivity contribution < 1.29 is 58.6 Å². The van der Waals surface area contributed by atoms with E-state index < -0.39 is 58.1 Å². The lowest BCUT2D eigenvalue weighted by Crippen LogP contribution is -2.61. The Morgan fingerprint density at radius 3 is 1.35 bits per heavy atom. The van der Waals surface area contributed by atoms with Crippen LogP contribution in [0.1, 0.15) is 54.4 Å². The molecule has 14 nitrogen and oxygen atoms in total. The molecule has 0 aromatic heterocycles. The molecule has 6 heterocycles. The summed E-state index contributed by atoms with van der Waals surface area (Å²) in [6.45, 7) is 10.8. The van der Waals surface area contributed by atoms with Gasteiger partial charge in [0.2, 0.25) is 0 Å². The zero-order chi connectivity index (χ0) is 34.0. The van der Waals surface area contributed by atoms with E-state index in [4.69, 9.17) is 18.9 Å². The number of hydrogen-bond acceptors (Lipinski definition) is 14. The van der Waals surface area contributed by atoms with Crippen LogP contribution in [0.15, 0.2) is 23.3 Å². The summed E-state index contributed by atoms with van der Waals surface area (Å²) in [4.78, 5) is 53.8. The first kappa shape index (κ1) is 34.5. The first-order valence-electron chi connectivity index (χ1n) is 15.8. The second-order valence-electron chi connectivity index (χ2n) is 14.0. The molecule has 0 amide bonds. The Morgan fingerprint density at radius 2 is 1.00 bits per heavy atom. The highest BCUT2D eigenvalue weighted by atomic mass is 16.6. The molecule has 6 rings (SSSR count). The number of hydrogen-bond donors (Lipinski definition) is 4. The quantitative estimate of drug-likeness (QED) is 0.145. The Morgan fingerprint density at radius 1 is 0.652 bits per heavy atom. The van der Waals surface area contributed by atoms with Gasteiger partial charge in [-0.1, -0.05) is 12.2 Å². The Balaban J connectivity index is 0.000000181. The lowest BCUT2D eigenvalue weighted by atomic mass is 9.76. The first-order chi connectivity index (χ1) is 21.3. The number of cyclic esters (lactones) is 2. The minimum absolute atomic E-state index is 0.0225. The summed E-state index contributed by atoms with van der Waals surface area (Å²) in [6.07, 6.45) is 4.69. The Hall–Kier alpha value is -2.88. The zero-order valence-corrected chi connectivity index (χ0v) is 27.2. The van der Waals surface area contributed by atoms with E-state index in [0.29, 0.717) is 12.8 Å². The third kappa shape index (κ3) is 5.56. The third-order valence-electron chi connectivity index (χ3n) is 11.3. The van der Waals surface area contributed by atoms with Crippen LogP contribution in [-0.4, -0.2) is 140 Å². The number of ether oxygens (including phenoxy) is 4. The van der Waals surface area contributed by atoms with Crippen LogP contribution in [-0.2, 0) is 38.1 Å². The maximum atomic E-state index is 12.4. The summed E-state index contributed by atoms with van der Waals surface area (Å²) in [5.74, 6) is -5.29. The van der Waals surface area contributed by atoms with E-state index in [1.807, 2.05) is 12.2 Å². The van der Waals surface area contributed by atoms with Crippen molar-refractivity contribution in [3.05, 3.63) is 23.3 Å². The van der Waals surface area contributed by atoms with Gasteiger partial charge in [-0.15, -0.1) is 0 Å². The van der Waals surface area contributed by atoms with E-state index in [9.17, 15) is 39.6 Å². The van der Waals surface area contributed by atoms with Crippen LogP contribution in [0.25, 0.3) is 0 Å². The van der Waals surface area contributed by atoms with Gasteiger partial charge in [0.05, 0.1) is 23.9 Å². The fourth-order valence-electron chi connectivity index (χ4n) is 7.05. The molecule has 256 valence electrons. The molecule has 6 aliphatic rings. The number of nitrogens with zero attached hydrogens (tertiary/aromatic N) is 2. The third-order valence-corrected chi connectivity index (χ3v) is 11.3. The summed E-state index contributed by atoms with van der Waals surface area (Å²) < 4.78 is 21.7. The molecule has 4 saturated heterocycles. The molecule has 0 aromatic carbocycles. The van der Waals surface area contributed by atoms with Crippen molar-refractivity contribution in [2.24, 2.45) is 11.8 Å². The maximum absolute atomic E-state index is 12.4. The SMILES string of the molecule is C[C@H]1C(=O)O[C@@H]2CCN3CC=C(COC(=O)[C@](C)(O)[C@]1(C)O)[C@H]23.C[C@H]1C(=O)O[C@@H]2CCN3CC=C(COC(=O)[C@](C)(O)[C@]1(C)O)[C@H]23. The van der Waals surface area contributed by atoms with Gasteiger partial charge in [-0.25, -0.2) is 9.59 Å². The highest BCUT2D eigenvalue weighted by molar-refractivity contribution is 5.84. The van der Waals surface area contributed by atoms with Crippen molar-refractivity contribution in [2.45, 2.75) is 101 Å². The number of carbonyl (C=O) groups is 4. The average Bonchev–Trinajstić information content (AvgIpc) is 3.77. The van der Waals surface area contributed by atoms with E-state index in [1.54, 1.807) is 0 Å². The van der Waals surface area contributed by atoms with Gasteiger partial charge in [-0.05, 0) is 65.5 Å². The van der Waals surface area contributed by atoms with E-state index in [-0.39, 0.29) is 37.5 Å². The van der Waals surface area contributed by atoms with Gasteiger partial charge >= 0.3 is 23.9 Å². The molecule has 0 spiro atoms. The van der Waals surface area contributed by atoms with Gasteiger partial charge in [0.1, 0.15) is 36.6 Å². The Labute approximate surface area is 267 Å². The molecule has 46 heavy (non-hydrogen) atoms. The lowest BCUT2D eigenvalue weighted by molar-refractivity contribution is -0.206. The highest BCUT2D eigenvalue weighted by Gasteiger charge is 2.58. The molecule has 0 bridgehead atoms. The number of rotatable bonds is 0. The first-order valence-corrected chi connectivity index (χ1v) is 15.8. The minimum Gasteiger partial charge on any atom is -0.460 e. The van der Waals surface area contributed by atoms with Crippen LogP contribution >= 0.6 is 0 Å². The van der Waals surface area contributed by atoms with Crippen molar-refractivity contribution in [1.82, 2.24) is 9.80 Å². The highest BCUT2D eigenvalue weighted by Crippen LogP contribution is 2.38. The largest absolute Gasteiger partial charge is 0.460 e. The Bertz CT molecular complexity index is 1230. The summed E-state index contributed by atoms with van der Waals surface area (Å²) in [5, 5.41) is 42.2. The molecular weight excluding hydrogens is 604 g/mol. The van der Waals surface area contributed by atoms with Crippen LogP contribution in [0.5, 0.6) is 0 Å². The smallest absolute Gasteiger partial charge is 0.341 e.